The Morgan fingerprint density at radius 1 is 1.03 bits per heavy atom. The maximum absolute atomic E-state index is 12.4. The van der Waals surface area contributed by atoms with Crippen molar-refractivity contribution in [2.75, 3.05) is 18.4 Å². The molecule has 0 aliphatic carbocycles. The number of nitrogens with one attached hydrogen (secondary N) is 2. The van der Waals surface area contributed by atoms with Crippen molar-refractivity contribution >= 4 is 17.5 Å². The molecule has 1 aliphatic rings. The van der Waals surface area contributed by atoms with Crippen LogP contribution in [0.2, 0.25) is 0 Å². The molecule has 0 spiro atoms. The fourth-order valence-electron chi connectivity index (χ4n) is 4.10. The monoisotopic (exact) mass is 407 g/mol. The Labute approximate surface area is 179 Å². The molecule has 2 N–H and O–H groups in total. The van der Waals surface area contributed by atoms with Gasteiger partial charge in [-0.2, -0.15) is 0 Å². The summed E-state index contributed by atoms with van der Waals surface area (Å²) in [5.74, 6) is -0.266. The Hall–Kier alpha value is -2.66. The van der Waals surface area contributed by atoms with Gasteiger partial charge < -0.3 is 10.6 Å². The highest BCUT2D eigenvalue weighted by Crippen LogP contribution is 2.23. The number of piperidine rings is 1. The van der Waals surface area contributed by atoms with Gasteiger partial charge in [-0.1, -0.05) is 63.2 Å². The largest absolute Gasteiger partial charge is 0.344 e. The Kier molecular flexibility index (Phi) is 7.63. The summed E-state index contributed by atoms with van der Waals surface area (Å²) in [6.07, 6.45) is 2.53. The number of likely N-dealkylation sites (tertiary alicyclic amines) is 1. The molecule has 3 rings (SSSR count). The van der Waals surface area contributed by atoms with E-state index in [1.54, 1.807) is 0 Å². The van der Waals surface area contributed by atoms with Crippen LogP contribution in [0.4, 0.5) is 5.69 Å². The van der Waals surface area contributed by atoms with Crippen LogP contribution in [-0.2, 0) is 22.7 Å². The summed E-state index contributed by atoms with van der Waals surface area (Å²) >= 11 is 0. The molecule has 0 bridgehead atoms. The third-order valence-corrected chi connectivity index (χ3v) is 5.73. The molecular formula is C25H33N3O2. The zero-order chi connectivity index (χ0) is 21.5. The van der Waals surface area contributed by atoms with E-state index >= 15 is 0 Å². The fraction of sp³-hybridized carbons (Fsp3) is 0.440. The number of carbonyl (C=O) groups excluding carboxylic acids is 2. The summed E-state index contributed by atoms with van der Waals surface area (Å²) < 4.78 is 0. The Bertz CT molecular complexity index is 878. The van der Waals surface area contributed by atoms with Gasteiger partial charge in [-0.15, -0.1) is 0 Å². The first-order valence-corrected chi connectivity index (χ1v) is 10.9. The molecule has 1 heterocycles. The van der Waals surface area contributed by atoms with Crippen LogP contribution in [-0.4, -0.2) is 29.8 Å². The summed E-state index contributed by atoms with van der Waals surface area (Å²) in [6, 6.07) is 15.7. The van der Waals surface area contributed by atoms with Crippen molar-refractivity contribution in [2.45, 2.75) is 52.6 Å². The number of para-hydroxylation sites is 1. The molecule has 2 aromatic carbocycles. The van der Waals surface area contributed by atoms with Gasteiger partial charge in [-0.05, 0) is 54.0 Å². The van der Waals surface area contributed by atoms with Gasteiger partial charge in [0.1, 0.15) is 0 Å². The van der Waals surface area contributed by atoms with Gasteiger partial charge >= 0.3 is 11.8 Å². The van der Waals surface area contributed by atoms with Gasteiger partial charge in [0.15, 0.2) is 0 Å². The molecule has 0 radical (unpaired) electrons. The summed E-state index contributed by atoms with van der Waals surface area (Å²) in [5, 5.41) is 5.54. The second-order valence-electron chi connectivity index (χ2n) is 8.63. The number of anilines is 1. The summed E-state index contributed by atoms with van der Waals surface area (Å²) in [5.41, 5.74) is 3.96. The summed E-state index contributed by atoms with van der Waals surface area (Å²) in [7, 11) is 0. The smallest absolute Gasteiger partial charge is 0.313 e. The minimum absolute atomic E-state index is 0.258. The van der Waals surface area contributed by atoms with Crippen LogP contribution >= 0.6 is 0 Å². The molecule has 5 heteroatoms. The molecule has 1 aliphatic heterocycles. The van der Waals surface area contributed by atoms with Gasteiger partial charge in [0.2, 0.25) is 0 Å². The van der Waals surface area contributed by atoms with Crippen molar-refractivity contribution in [3.8, 4) is 0 Å². The molecule has 30 heavy (non-hydrogen) atoms. The molecule has 2 aromatic rings. The van der Waals surface area contributed by atoms with Crippen LogP contribution in [0.3, 0.4) is 0 Å². The van der Waals surface area contributed by atoms with E-state index in [1.807, 2.05) is 42.5 Å². The average Bonchev–Trinajstić information content (AvgIpc) is 2.73. The third-order valence-electron chi connectivity index (χ3n) is 5.73. The van der Waals surface area contributed by atoms with Gasteiger partial charge in [-0.25, -0.2) is 0 Å². The molecular weight excluding hydrogens is 374 g/mol. The number of benzene rings is 2. The first-order chi connectivity index (χ1) is 14.4. The predicted molar refractivity (Wildman–Crippen MR) is 121 cm³/mol. The normalized spacial score (nSPS) is 17.0. The maximum atomic E-state index is 12.4. The highest BCUT2D eigenvalue weighted by molar-refractivity contribution is 6.39. The molecule has 1 fully saturated rings. The predicted octanol–water partition coefficient (Wildman–Crippen LogP) is 4.30. The van der Waals surface area contributed by atoms with Gasteiger partial charge in [0.25, 0.3) is 0 Å². The number of nitrogens with zero attached hydrogens (tertiary/aromatic N) is 1. The van der Waals surface area contributed by atoms with E-state index in [2.05, 4.69) is 42.4 Å². The minimum Gasteiger partial charge on any atom is -0.344 e. The molecule has 5 nitrogen and oxygen atoms in total. The van der Waals surface area contributed by atoms with E-state index in [1.165, 1.54) is 18.4 Å². The van der Waals surface area contributed by atoms with Crippen molar-refractivity contribution in [3.63, 3.8) is 0 Å². The second kappa shape index (κ2) is 10.4. The van der Waals surface area contributed by atoms with Crippen LogP contribution in [0, 0.1) is 5.92 Å². The van der Waals surface area contributed by atoms with Crippen molar-refractivity contribution in [3.05, 3.63) is 65.2 Å². The molecule has 1 atom stereocenters. The average molecular weight is 408 g/mol. The number of rotatable bonds is 6. The van der Waals surface area contributed by atoms with E-state index < -0.39 is 11.8 Å². The minimum atomic E-state index is -0.634. The lowest BCUT2D eigenvalue weighted by molar-refractivity contribution is -0.136. The van der Waals surface area contributed by atoms with Crippen molar-refractivity contribution in [2.24, 2.45) is 5.92 Å². The quantitative estimate of drug-likeness (QED) is 0.702. The molecule has 1 unspecified atom stereocenters. The number of carbonyl (C=O) groups is 2. The molecule has 1 saturated heterocycles. The van der Waals surface area contributed by atoms with Gasteiger partial charge in [0, 0.05) is 25.3 Å². The van der Waals surface area contributed by atoms with Crippen LogP contribution in [0.15, 0.2) is 48.5 Å². The maximum Gasteiger partial charge on any atom is 0.313 e. The zero-order valence-corrected chi connectivity index (χ0v) is 18.3. The molecule has 0 saturated carbocycles. The standard InChI is InChI=1S/C25H33N3O2/c1-18(2)22-12-6-7-13-23(22)27-25(30)24(29)26-15-20-10-4-5-11-21(20)17-28-14-8-9-19(3)16-28/h4-7,10-13,18-19H,8-9,14-17H2,1-3H3,(H,26,29)(H,27,30). The lowest BCUT2D eigenvalue weighted by atomic mass is 9.99. The van der Waals surface area contributed by atoms with Crippen LogP contribution in [0.5, 0.6) is 0 Å². The summed E-state index contributed by atoms with van der Waals surface area (Å²) in [6.45, 7) is 9.87. The first kappa shape index (κ1) is 22.0. The SMILES string of the molecule is CC1CCCN(Cc2ccccc2CNC(=O)C(=O)Nc2ccccc2C(C)C)C1. The van der Waals surface area contributed by atoms with E-state index in [4.69, 9.17) is 0 Å². The molecule has 160 valence electrons. The highest BCUT2D eigenvalue weighted by atomic mass is 16.2. The topological polar surface area (TPSA) is 61.4 Å². The number of amides is 2. The highest BCUT2D eigenvalue weighted by Gasteiger charge is 2.19. The van der Waals surface area contributed by atoms with E-state index in [0.717, 1.165) is 36.7 Å². The Morgan fingerprint density at radius 3 is 2.47 bits per heavy atom. The second-order valence-corrected chi connectivity index (χ2v) is 8.63. The van der Waals surface area contributed by atoms with Gasteiger partial charge in [-0.3, -0.25) is 14.5 Å². The van der Waals surface area contributed by atoms with Crippen LogP contribution in [0.1, 0.15) is 56.2 Å². The lowest BCUT2D eigenvalue weighted by Gasteiger charge is -2.31. The van der Waals surface area contributed by atoms with E-state index in [9.17, 15) is 9.59 Å². The van der Waals surface area contributed by atoms with Crippen molar-refractivity contribution in [1.82, 2.24) is 10.2 Å². The van der Waals surface area contributed by atoms with Crippen molar-refractivity contribution < 1.29 is 9.59 Å². The number of hydrogen-bond donors (Lipinski definition) is 2. The zero-order valence-electron chi connectivity index (χ0n) is 18.3. The Balaban J connectivity index is 1.59. The number of hydrogen-bond acceptors (Lipinski definition) is 3. The third kappa shape index (κ3) is 5.92. The van der Waals surface area contributed by atoms with Gasteiger partial charge in [0.05, 0.1) is 0 Å². The van der Waals surface area contributed by atoms with Crippen molar-refractivity contribution in [1.29, 1.82) is 0 Å². The fourth-order valence-corrected chi connectivity index (χ4v) is 4.10. The van der Waals surface area contributed by atoms with Crippen LogP contribution < -0.4 is 10.6 Å². The first-order valence-electron chi connectivity index (χ1n) is 10.9. The molecule has 0 aromatic heterocycles. The van der Waals surface area contributed by atoms with Crippen LogP contribution in [0.25, 0.3) is 0 Å². The molecule has 2 amide bonds. The summed E-state index contributed by atoms with van der Waals surface area (Å²) in [4.78, 5) is 27.3. The lowest BCUT2D eigenvalue weighted by Crippen LogP contribution is -2.36. The van der Waals surface area contributed by atoms with E-state index in [0.29, 0.717) is 12.2 Å². The Morgan fingerprint density at radius 2 is 1.73 bits per heavy atom. The van der Waals surface area contributed by atoms with E-state index in [-0.39, 0.29) is 5.92 Å².